The second-order valence-electron chi connectivity index (χ2n) is 8.80. The lowest BCUT2D eigenvalue weighted by Crippen LogP contribution is -2.29. The lowest BCUT2D eigenvalue weighted by Gasteiger charge is -2.24. The van der Waals surface area contributed by atoms with Gasteiger partial charge in [0.25, 0.3) is 11.7 Å². The van der Waals surface area contributed by atoms with Crippen molar-refractivity contribution in [2.75, 3.05) is 11.5 Å². The zero-order valence-electron chi connectivity index (χ0n) is 20.9. The van der Waals surface area contributed by atoms with E-state index in [1.165, 1.54) is 17.0 Å². The molecule has 4 rings (SSSR count). The molecule has 0 aliphatic carbocycles. The lowest BCUT2D eigenvalue weighted by atomic mass is 9.98. The molecule has 1 amide bonds. The topological polar surface area (TPSA) is 106 Å². The van der Waals surface area contributed by atoms with Gasteiger partial charge in [-0.1, -0.05) is 25.1 Å². The van der Waals surface area contributed by atoms with E-state index in [0.29, 0.717) is 41.3 Å². The average molecular weight is 501 g/mol. The number of amides is 1. The molecule has 0 bridgehead atoms. The molecule has 1 aromatic heterocycles. The zero-order chi connectivity index (χ0) is 26.5. The number of benzene rings is 2. The molecule has 37 heavy (non-hydrogen) atoms. The number of anilines is 1. The summed E-state index contributed by atoms with van der Waals surface area (Å²) in [6, 6.07) is 17.1. The van der Waals surface area contributed by atoms with E-state index in [-0.39, 0.29) is 17.4 Å². The molecule has 2 heterocycles. The maximum Gasteiger partial charge on any atom is 0.338 e. The Bertz CT molecular complexity index is 1330. The van der Waals surface area contributed by atoms with Crippen LogP contribution in [0.3, 0.4) is 0 Å². The summed E-state index contributed by atoms with van der Waals surface area (Å²) in [4.78, 5) is 44.5. The highest BCUT2D eigenvalue weighted by atomic mass is 16.5. The number of carbonyl (C=O) groups is 3. The second kappa shape index (κ2) is 11.1. The minimum atomic E-state index is -0.978. The fourth-order valence-corrected chi connectivity index (χ4v) is 4.10. The van der Waals surface area contributed by atoms with Crippen molar-refractivity contribution < 1.29 is 29.0 Å². The summed E-state index contributed by atoms with van der Waals surface area (Å²) in [5, 5.41) is 11.3. The summed E-state index contributed by atoms with van der Waals surface area (Å²) in [5.41, 5.74) is 1.36. The molecule has 1 unspecified atom stereocenters. The van der Waals surface area contributed by atoms with E-state index in [9.17, 15) is 19.5 Å². The highest BCUT2D eigenvalue weighted by Crippen LogP contribution is 2.41. The van der Waals surface area contributed by atoms with Gasteiger partial charge < -0.3 is 14.6 Å². The molecule has 1 aliphatic rings. The van der Waals surface area contributed by atoms with Crippen LogP contribution in [0.5, 0.6) is 5.75 Å². The molecular weight excluding hydrogens is 472 g/mol. The van der Waals surface area contributed by atoms with Crippen LogP contribution in [0.15, 0.2) is 78.5 Å². The Hall–Kier alpha value is -4.46. The van der Waals surface area contributed by atoms with Crippen LogP contribution in [0.1, 0.15) is 54.8 Å². The number of aliphatic hydroxyl groups is 1. The Morgan fingerprint density at radius 1 is 1.03 bits per heavy atom. The average Bonchev–Trinajstić information content (AvgIpc) is 3.17. The van der Waals surface area contributed by atoms with Gasteiger partial charge in [0.15, 0.2) is 0 Å². The molecule has 1 fully saturated rings. The summed E-state index contributed by atoms with van der Waals surface area (Å²) < 4.78 is 10.9. The molecule has 0 spiro atoms. The number of carbonyl (C=O) groups excluding carboxylic acids is 3. The van der Waals surface area contributed by atoms with Crippen LogP contribution in [0.2, 0.25) is 0 Å². The van der Waals surface area contributed by atoms with E-state index in [1.54, 1.807) is 60.8 Å². The van der Waals surface area contributed by atoms with Crippen LogP contribution in [0.4, 0.5) is 5.69 Å². The van der Waals surface area contributed by atoms with E-state index in [0.717, 1.165) is 0 Å². The molecule has 1 aliphatic heterocycles. The van der Waals surface area contributed by atoms with E-state index >= 15 is 0 Å². The molecule has 1 atom stereocenters. The second-order valence-corrected chi connectivity index (χ2v) is 8.80. The third-order valence-corrected chi connectivity index (χ3v) is 5.71. The quantitative estimate of drug-likeness (QED) is 0.199. The lowest BCUT2D eigenvalue weighted by molar-refractivity contribution is -0.132. The van der Waals surface area contributed by atoms with Crippen LogP contribution < -0.4 is 9.64 Å². The number of hydrogen-bond donors (Lipinski definition) is 1. The molecule has 0 saturated carbocycles. The van der Waals surface area contributed by atoms with Crippen LogP contribution in [-0.4, -0.2) is 40.5 Å². The van der Waals surface area contributed by atoms with E-state index in [4.69, 9.17) is 9.47 Å². The number of ether oxygens (including phenoxy) is 2. The monoisotopic (exact) mass is 500 g/mol. The fourth-order valence-electron chi connectivity index (χ4n) is 4.10. The highest BCUT2D eigenvalue weighted by Gasteiger charge is 2.47. The van der Waals surface area contributed by atoms with Gasteiger partial charge in [0.1, 0.15) is 17.6 Å². The largest absolute Gasteiger partial charge is 0.507 e. The smallest absolute Gasteiger partial charge is 0.338 e. The minimum Gasteiger partial charge on any atom is -0.507 e. The molecule has 0 radical (unpaired) electrons. The van der Waals surface area contributed by atoms with Gasteiger partial charge in [0.2, 0.25) is 0 Å². The number of Topliss-reactive ketones (excluding diaryl/α,β-unsaturated/α-hetero) is 1. The molecule has 2 aromatic carbocycles. The first-order valence-corrected chi connectivity index (χ1v) is 12.1. The predicted molar refractivity (Wildman–Crippen MR) is 138 cm³/mol. The first-order valence-electron chi connectivity index (χ1n) is 12.1. The number of nitrogens with zero attached hydrogens (tertiary/aromatic N) is 2. The maximum absolute atomic E-state index is 13.3. The normalized spacial score (nSPS) is 16.8. The Morgan fingerprint density at radius 3 is 2.43 bits per heavy atom. The van der Waals surface area contributed by atoms with Gasteiger partial charge in [-0.2, -0.15) is 0 Å². The van der Waals surface area contributed by atoms with Gasteiger partial charge in [-0.05, 0) is 68.8 Å². The molecule has 8 nitrogen and oxygen atoms in total. The molecule has 1 saturated heterocycles. The van der Waals surface area contributed by atoms with Crippen LogP contribution >= 0.6 is 0 Å². The fraction of sp³-hybridized carbons (Fsp3) is 0.241. The van der Waals surface area contributed by atoms with Crippen molar-refractivity contribution in [3.8, 4) is 5.75 Å². The number of hydrogen-bond acceptors (Lipinski definition) is 7. The van der Waals surface area contributed by atoms with Gasteiger partial charge in [-0.25, -0.2) is 4.79 Å². The van der Waals surface area contributed by atoms with Gasteiger partial charge >= 0.3 is 5.97 Å². The molecule has 190 valence electrons. The highest BCUT2D eigenvalue weighted by molar-refractivity contribution is 6.51. The number of pyridine rings is 1. The Kier molecular flexibility index (Phi) is 7.67. The predicted octanol–water partition coefficient (Wildman–Crippen LogP) is 5.06. The summed E-state index contributed by atoms with van der Waals surface area (Å²) in [5.74, 6) is -1.93. The van der Waals surface area contributed by atoms with Crippen molar-refractivity contribution in [2.24, 2.45) is 0 Å². The number of esters is 1. The molecule has 8 heteroatoms. The van der Waals surface area contributed by atoms with E-state index < -0.39 is 23.7 Å². The minimum absolute atomic E-state index is 0.0845. The molecular formula is C29H28N2O6. The van der Waals surface area contributed by atoms with Crippen molar-refractivity contribution >= 4 is 29.1 Å². The van der Waals surface area contributed by atoms with Crippen molar-refractivity contribution in [3.05, 3.63) is 95.3 Å². The SMILES string of the molecule is CCCOC(=O)c1ccc(N2C(=O)C(=O)/C(=C(/O)c3cccc(OC(C)C)c3)C2c2ccccn2)cc1. The standard InChI is InChI=1S/C29H28N2O6/c1-4-16-36-29(35)19-11-13-21(14-12-19)31-25(23-10-5-6-15-30-23)24(27(33)28(31)34)26(32)20-8-7-9-22(17-20)37-18(2)3/h5-15,17-18,25,32H,4,16H2,1-3H3/b26-24+. The Balaban J connectivity index is 1.79. The van der Waals surface area contributed by atoms with Gasteiger partial charge in [-0.3, -0.25) is 19.5 Å². The van der Waals surface area contributed by atoms with Crippen LogP contribution in [0, 0.1) is 0 Å². The zero-order valence-corrected chi connectivity index (χ0v) is 20.9. The Morgan fingerprint density at radius 2 is 1.78 bits per heavy atom. The maximum atomic E-state index is 13.3. The molecule has 3 aromatic rings. The third-order valence-electron chi connectivity index (χ3n) is 5.71. The number of rotatable bonds is 8. The first kappa shape index (κ1) is 25.6. The van der Waals surface area contributed by atoms with Gasteiger partial charge in [0, 0.05) is 17.4 Å². The van der Waals surface area contributed by atoms with Crippen molar-refractivity contribution in [1.29, 1.82) is 0 Å². The number of aliphatic hydroxyl groups excluding tert-OH is 1. The summed E-state index contributed by atoms with van der Waals surface area (Å²) in [7, 11) is 0. The van der Waals surface area contributed by atoms with Gasteiger partial charge in [0.05, 0.1) is 29.5 Å². The van der Waals surface area contributed by atoms with Crippen LogP contribution in [0.25, 0.3) is 5.76 Å². The van der Waals surface area contributed by atoms with Crippen molar-refractivity contribution in [1.82, 2.24) is 4.98 Å². The summed E-state index contributed by atoms with van der Waals surface area (Å²) >= 11 is 0. The van der Waals surface area contributed by atoms with Gasteiger partial charge in [-0.15, -0.1) is 0 Å². The first-order chi connectivity index (χ1) is 17.8. The molecule has 1 N–H and O–H groups in total. The third kappa shape index (κ3) is 5.38. The van der Waals surface area contributed by atoms with Crippen LogP contribution in [-0.2, 0) is 14.3 Å². The van der Waals surface area contributed by atoms with E-state index in [2.05, 4.69) is 4.98 Å². The number of aromatic nitrogens is 1. The summed E-state index contributed by atoms with van der Waals surface area (Å²) in [6.07, 6.45) is 2.17. The van der Waals surface area contributed by atoms with Crippen molar-refractivity contribution in [3.63, 3.8) is 0 Å². The Labute approximate surface area is 215 Å². The number of ketones is 1. The summed E-state index contributed by atoms with van der Waals surface area (Å²) in [6.45, 7) is 5.97. The van der Waals surface area contributed by atoms with E-state index in [1.807, 2.05) is 20.8 Å². The van der Waals surface area contributed by atoms with Crippen molar-refractivity contribution in [2.45, 2.75) is 39.3 Å².